The molecule has 0 aliphatic rings. The second-order valence-electron chi connectivity index (χ2n) is 1.43. The number of carboxylic acids is 1. The Morgan fingerprint density at radius 1 is 1.11 bits per heavy atom. The predicted octanol–water partition coefficient (Wildman–Crippen LogP) is 0.684. The van der Waals surface area contributed by atoms with Crippen molar-refractivity contribution in [1.29, 1.82) is 0 Å². The standard InChI is InChI=1S/C3H6O.C2H4O2.Fe/c1-3(2)4;1-2(3)4;/h1-2H3;1H3,(H,3,4);. The van der Waals surface area contributed by atoms with Crippen LogP contribution >= 0.6 is 0 Å². The zero-order chi connectivity index (χ0) is 7.15. The van der Waals surface area contributed by atoms with E-state index in [0.29, 0.717) is 0 Å². The number of hydrogen-bond acceptors (Lipinski definition) is 2. The number of carbonyl (C=O) groups excluding carboxylic acids is 1. The molecule has 0 aromatic carbocycles. The Hall–Kier alpha value is -0.341. The van der Waals surface area contributed by atoms with E-state index in [9.17, 15) is 4.79 Å². The summed E-state index contributed by atoms with van der Waals surface area (Å²) in [5.74, 6) is -0.667. The van der Waals surface area contributed by atoms with Crippen LogP contribution in [0.4, 0.5) is 0 Å². The number of aliphatic carboxylic acids is 1. The Kier molecular flexibility index (Phi) is 18.7. The Labute approximate surface area is 64.9 Å². The van der Waals surface area contributed by atoms with Crippen LogP contribution in [0.5, 0.6) is 0 Å². The number of carboxylic acid groups (broad SMARTS) is 1. The van der Waals surface area contributed by atoms with Crippen molar-refractivity contribution in [2.24, 2.45) is 0 Å². The molecular formula is C5H10FeO3. The van der Waals surface area contributed by atoms with Crippen molar-refractivity contribution in [3.8, 4) is 0 Å². The molecule has 3 nitrogen and oxygen atoms in total. The van der Waals surface area contributed by atoms with Crippen LogP contribution in [0.2, 0.25) is 0 Å². The number of carbonyl (C=O) groups is 2. The number of Topliss-reactive ketones (excluding diaryl/α,β-unsaturated/α-hetero) is 1. The first kappa shape index (κ1) is 15.9. The van der Waals surface area contributed by atoms with Gasteiger partial charge < -0.3 is 9.90 Å². The Balaban J connectivity index is -0.0000000720. The molecule has 0 amide bonds. The smallest absolute Gasteiger partial charge is 0.300 e. The number of ketones is 1. The van der Waals surface area contributed by atoms with Gasteiger partial charge >= 0.3 is 0 Å². The third kappa shape index (κ3) is 2120. The van der Waals surface area contributed by atoms with Gasteiger partial charge in [-0.2, -0.15) is 0 Å². The van der Waals surface area contributed by atoms with Crippen molar-refractivity contribution >= 4 is 11.8 Å². The topological polar surface area (TPSA) is 54.4 Å². The summed E-state index contributed by atoms with van der Waals surface area (Å²) in [7, 11) is 0. The molecule has 0 fully saturated rings. The molecule has 0 rings (SSSR count). The first-order valence-corrected chi connectivity index (χ1v) is 2.13. The molecule has 0 heterocycles. The molecule has 0 aliphatic heterocycles. The molecule has 0 radical (unpaired) electrons. The molecule has 0 bridgehead atoms. The summed E-state index contributed by atoms with van der Waals surface area (Å²) in [6.45, 7) is 4.14. The SMILES string of the molecule is CC(=O)O.CC(C)=O.[Fe]. The maximum absolute atomic E-state index is 9.44. The van der Waals surface area contributed by atoms with Crippen LogP contribution in [0.25, 0.3) is 0 Å². The van der Waals surface area contributed by atoms with E-state index in [2.05, 4.69) is 0 Å². The minimum atomic E-state index is -0.833. The fourth-order valence-electron chi connectivity index (χ4n) is 0. The van der Waals surface area contributed by atoms with E-state index in [1.807, 2.05) is 0 Å². The van der Waals surface area contributed by atoms with Crippen LogP contribution in [0, 0.1) is 0 Å². The minimum Gasteiger partial charge on any atom is -0.481 e. The molecule has 0 atom stereocenters. The van der Waals surface area contributed by atoms with E-state index in [4.69, 9.17) is 9.90 Å². The van der Waals surface area contributed by atoms with Crippen LogP contribution in [0.1, 0.15) is 20.8 Å². The summed E-state index contributed by atoms with van der Waals surface area (Å²) in [6, 6.07) is 0. The molecular weight excluding hydrogens is 164 g/mol. The van der Waals surface area contributed by atoms with Gasteiger partial charge in [-0.1, -0.05) is 0 Å². The zero-order valence-corrected chi connectivity index (χ0v) is 6.72. The summed E-state index contributed by atoms with van der Waals surface area (Å²) in [4.78, 5) is 18.4. The molecule has 4 heteroatoms. The van der Waals surface area contributed by atoms with E-state index < -0.39 is 5.97 Å². The van der Waals surface area contributed by atoms with Crippen LogP contribution in [0.15, 0.2) is 0 Å². The predicted molar refractivity (Wildman–Crippen MR) is 29.7 cm³/mol. The Morgan fingerprint density at radius 2 is 1.11 bits per heavy atom. The van der Waals surface area contributed by atoms with Gasteiger partial charge in [0.1, 0.15) is 5.78 Å². The van der Waals surface area contributed by atoms with Gasteiger partial charge in [0.25, 0.3) is 5.97 Å². The van der Waals surface area contributed by atoms with E-state index in [1.165, 1.54) is 13.8 Å². The second-order valence-corrected chi connectivity index (χ2v) is 1.43. The van der Waals surface area contributed by atoms with Gasteiger partial charge in [0.2, 0.25) is 0 Å². The Morgan fingerprint density at radius 3 is 1.11 bits per heavy atom. The summed E-state index contributed by atoms with van der Waals surface area (Å²) in [5.41, 5.74) is 0. The molecule has 56 valence electrons. The van der Waals surface area contributed by atoms with E-state index in [1.54, 1.807) is 0 Å². The second kappa shape index (κ2) is 10.6. The van der Waals surface area contributed by atoms with Gasteiger partial charge in [-0.05, 0) is 13.8 Å². The fraction of sp³-hybridized carbons (Fsp3) is 0.600. The minimum absolute atomic E-state index is 0. The van der Waals surface area contributed by atoms with Crippen molar-refractivity contribution in [1.82, 2.24) is 0 Å². The largest absolute Gasteiger partial charge is 0.481 e. The number of hydrogen-bond donors (Lipinski definition) is 1. The summed E-state index contributed by atoms with van der Waals surface area (Å²) < 4.78 is 0. The molecule has 0 unspecified atom stereocenters. The first-order chi connectivity index (χ1) is 3.46. The molecule has 0 aromatic rings. The third-order valence-corrected chi connectivity index (χ3v) is 0. The van der Waals surface area contributed by atoms with Gasteiger partial charge in [-0.15, -0.1) is 0 Å². The first-order valence-electron chi connectivity index (χ1n) is 2.13. The average Bonchev–Trinajstić information content (AvgIpc) is 1.25. The van der Waals surface area contributed by atoms with Crippen LogP contribution in [0.3, 0.4) is 0 Å². The summed E-state index contributed by atoms with van der Waals surface area (Å²) in [5, 5.41) is 7.42. The molecule has 0 aliphatic carbocycles. The Bertz CT molecular complexity index is 70.2. The van der Waals surface area contributed by atoms with E-state index in [0.717, 1.165) is 6.92 Å². The molecule has 0 saturated carbocycles. The quantitative estimate of drug-likeness (QED) is 0.549. The molecule has 9 heavy (non-hydrogen) atoms. The van der Waals surface area contributed by atoms with Gasteiger partial charge in [0, 0.05) is 24.0 Å². The van der Waals surface area contributed by atoms with Crippen LogP contribution < -0.4 is 0 Å². The normalized spacial score (nSPS) is 5.67. The van der Waals surface area contributed by atoms with Crippen molar-refractivity contribution < 1.29 is 31.8 Å². The van der Waals surface area contributed by atoms with E-state index in [-0.39, 0.29) is 22.9 Å². The van der Waals surface area contributed by atoms with Gasteiger partial charge in [-0.3, -0.25) is 4.79 Å². The average molecular weight is 174 g/mol. The molecule has 0 aromatic heterocycles. The number of rotatable bonds is 0. The van der Waals surface area contributed by atoms with Crippen molar-refractivity contribution in [3.05, 3.63) is 0 Å². The molecule has 0 spiro atoms. The van der Waals surface area contributed by atoms with Crippen molar-refractivity contribution in [2.45, 2.75) is 20.8 Å². The van der Waals surface area contributed by atoms with Gasteiger partial charge in [-0.25, -0.2) is 0 Å². The van der Waals surface area contributed by atoms with Crippen LogP contribution in [-0.4, -0.2) is 16.9 Å². The molecule has 0 saturated heterocycles. The van der Waals surface area contributed by atoms with Crippen molar-refractivity contribution in [2.75, 3.05) is 0 Å². The van der Waals surface area contributed by atoms with E-state index >= 15 is 0 Å². The van der Waals surface area contributed by atoms with Gasteiger partial charge in [0.15, 0.2) is 0 Å². The van der Waals surface area contributed by atoms with Crippen LogP contribution in [-0.2, 0) is 26.7 Å². The summed E-state index contributed by atoms with van der Waals surface area (Å²) >= 11 is 0. The maximum Gasteiger partial charge on any atom is 0.300 e. The monoisotopic (exact) mass is 174 g/mol. The van der Waals surface area contributed by atoms with Crippen molar-refractivity contribution in [3.63, 3.8) is 0 Å². The maximum atomic E-state index is 9.44. The van der Waals surface area contributed by atoms with Gasteiger partial charge in [0.05, 0.1) is 0 Å². The fourth-order valence-corrected chi connectivity index (χ4v) is 0. The summed E-state index contributed by atoms with van der Waals surface area (Å²) in [6.07, 6.45) is 0. The third-order valence-electron chi connectivity index (χ3n) is 0. The zero-order valence-electron chi connectivity index (χ0n) is 5.62. The molecule has 1 N–H and O–H groups in total.